The highest BCUT2D eigenvalue weighted by atomic mass is 32.2. The van der Waals surface area contributed by atoms with Crippen molar-refractivity contribution in [2.75, 3.05) is 39.9 Å². The Hall–Kier alpha value is -0.170. The zero-order valence-electron chi connectivity index (χ0n) is 11.8. The molecule has 0 spiro atoms. The molecule has 0 bridgehead atoms. The second-order valence-corrected chi connectivity index (χ2v) is 7.80. The van der Waals surface area contributed by atoms with Crippen LogP contribution < -0.4 is 5.32 Å². The molecule has 0 saturated carbocycles. The van der Waals surface area contributed by atoms with E-state index in [4.69, 9.17) is 4.74 Å². The van der Waals surface area contributed by atoms with Crippen molar-refractivity contribution >= 4 is 10.0 Å². The fourth-order valence-corrected chi connectivity index (χ4v) is 4.92. The van der Waals surface area contributed by atoms with E-state index in [-0.39, 0.29) is 5.25 Å². The predicted octanol–water partition coefficient (Wildman–Crippen LogP) is 0.817. The molecule has 0 atom stereocenters. The Kier molecular flexibility index (Phi) is 5.62. The molecule has 0 amide bonds. The Labute approximate surface area is 116 Å². The van der Waals surface area contributed by atoms with Crippen molar-refractivity contribution in [2.24, 2.45) is 5.92 Å². The van der Waals surface area contributed by atoms with Crippen molar-refractivity contribution in [1.29, 1.82) is 0 Å². The number of nitrogens with zero attached hydrogens (tertiary/aromatic N) is 1. The second-order valence-electron chi connectivity index (χ2n) is 5.59. The van der Waals surface area contributed by atoms with Crippen LogP contribution in [0.15, 0.2) is 0 Å². The second kappa shape index (κ2) is 7.02. The highest BCUT2D eigenvalue weighted by Gasteiger charge is 2.35. The number of hydrogen-bond donors (Lipinski definition) is 1. The lowest BCUT2D eigenvalue weighted by Gasteiger charge is -2.34. The largest absolute Gasteiger partial charge is 0.381 e. The minimum Gasteiger partial charge on any atom is -0.381 e. The van der Waals surface area contributed by atoms with Crippen LogP contribution in [-0.2, 0) is 14.8 Å². The van der Waals surface area contributed by atoms with E-state index in [9.17, 15) is 8.42 Å². The molecule has 5 nitrogen and oxygen atoms in total. The van der Waals surface area contributed by atoms with Gasteiger partial charge in [0.2, 0.25) is 10.0 Å². The highest BCUT2D eigenvalue weighted by Crippen LogP contribution is 2.26. The minimum atomic E-state index is -3.09. The standard InChI is InChI=1S/C13H26N2O3S/c1-14-7-2-12-3-8-15(9-4-12)19(16,17)13-5-10-18-11-6-13/h12-14H,2-11H2,1H3. The van der Waals surface area contributed by atoms with Gasteiger partial charge in [-0.25, -0.2) is 12.7 Å². The summed E-state index contributed by atoms with van der Waals surface area (Å²) in [7, 11) is -1.13. The van der Waals surface area contributed by atoms with Crippen molar-refractivity contribution in [2.45, 2.75) is 37.4 Å². The summed E-state index contributed by atoms with van der Waals surface area (Å²) in [5.74, 6) is 0.675. The third kappa shape index (κ3) is 3.90. The van der Waals surface area contributed by atoms with Crippen LogP contribution in [0.2, 0.25) is 0 Å². The Morgan fingerprint density at radius 2 is 1.79 bits per heavy atom. The number of sulfonamides is 1. The van der Waals surface area contributed by atoms with Crippen LogP contribution in [0.3, 0.4) is 0 Å². The van der Waals surface area contributed by atoms with Gasteiger partial charge < -0.3 is 10.1 Å². The van der Waals surface area contributed by atoms with Crippen LogP contribution in [0.5, 0.6) is 0 Å². The summed E-state index contributed by atoms with van der Waals surface area (Å²) in [5.41, 5.74) is 0. The van der Waals surface area contributed by atoms with E-state index >= 15 is 0 Å². The Balaban J connectivity index is 1.85. The third-order valence-electron chi connectivity index (χ3n) is 4.33. The fraction of sp³-hybridized carbons (Fsp3) is 1.00. The maximum absolute atomic E-state index is 12.5. The average molecular weight is 290 g/mol. The molecule has 6 heteroatoms. The normalized spacial score (nSPS) is 24.7. The summed E-state index contributed by atoms with van der Waals surface area (Å²) in [6.45, 7) is 3.60. The van der Waals surface area contributed by atoms with Crippen LogP contribution in [0.25, 0.3) is 0 Å². The van der Waals surface area contributed by atoms with Crippen molar-refractivity contribution in [3.8, 4) is 0 Å². The van der Waals surface area contributed by atoms with Crippen LogP contribution in [0, 0.1) is 5.92 Å². The first-order valence-corrected chi connectivity index (χ1v) is 8.86. The van der Waals surface area contributed by atoms with Gasteiger partial charge in [-0.1, -0.05) is 0 Å². The molecular formula is C13H26N2O3S. The average Bonchev–Trinajstić information content (AvgIpc) is 2.46. The molecule has 0 unspecified atom stereocenters. The van der Waals surface area contributed by atoms with Gasteiger partial charge in [-0.05, 0) is 51.6 Å². The van der Waals surface area contributed by atoms with E-state index in [0.717, 1.165) is 25.8 Å². The maximum Gasteiger partial charge on any atom is 0.217 e. The lowest BCUT2D eigenvalue weighted by atomic mass is 9.95. The SMILES string of the molecule is CNCCC1CCN(S(=O)(=O)C2CCOCC2)CC1. The van der Waals surface area contributed by atoms with Gasteiger partial charge in [-0.3, -0.25) is 0 Å². The molecule has 19 heavy (non-hydrogen) atoms. The molecule has 2 fully saturated rings. The molecular weight excluding hydrogens is 264 g/mol. The lowest BCUT2D eigenvalue weighted by Crippen LogP contribution is -2.45. The first-order valence-electron chi connectivity index (χ1n) is 7.36. The zero-order chi connectivity index (χ0) is 13.7. The highest BCUT2D eigenvalue weighted by molar-refractivity contribution is 7.89. The Bertz CT molecular complexity index is 358. The van der Waals surface area contributed by atoms with E-state index in [0.29, 0.717) is 45.1 Å². The van der Waals surface area contributed by atoms with Gasteiger partial charge in [0, 0.05) is 26.3 Å². The molecule has 2 heterocycles. The third-order valence-corrected chi connectivity index (χ3v) is 6.72. The van der Waals surface area contributed by atoms with Crippen LogP contribution in [0.1, 0.15) is 32.1 Å². The summed E-state index contributed by atoms with van der Waals surface area (Å²) in [6, 6.07) is 0. The first kappa shape index (κ1) is 15.2. The number of piperidine rings is 1. The summed E-state index contributed by atoms with van der Waals surface area (Å²) in [6.07, 6.45) is 4.47. The van der Waals surface area contributed by atoms with Crippen molar-refractivity contribution in [1.82, 2.24) is 9.62 Å². The fourth-order valence-electron chi connectivity index (χ4n) is 2.99. The summed E-state index contributed by atoms with van der Waals surface area (Å²) in [5, 5.41) is 2.95. The quantitative estimate of drug-likeness (QED) is 0.814. The van der Waals surface area contributed by atoms with Gasteiger partial charge in [0.1, 0.15) is 0 Å². The summed E-state index contributed by atoms with van der Waals surface area (Å²) in [4.78, 5) is 0. The number of hydrogen-bond acceptors (Lipinski definition) is 4. The molecule has 2 aliphatic heterocycles. The smallest absolute Gasteiger partial charge is 0.217 e. The zero-order valence-corrected chi connectivity index (χ0v) is 12.6. The van der Waals surface area contributed by atoms with Crippen molar-refractivity contribution in [3.05, 3.63) is 0 Å². The van der Waals surface area contributed by atoms with E-state index < -0.39 is 10.0 Å². The maximum atomic E-state index is 12.5. The summed E-state index contributed by atoms with van der Waals surface area (Å²) < 4.78 is 32.0. The molecule has 0 aromatic rings. The molecule has 0 aliphatic carbocycles. The molecule has 1 N–H and O–H groups in total. The molecule has 0 aromatic heterocycles. The number of nitrogens with one attached hydrogen (secondary N) is 1. The number of ether oxygens (including phenoxy) is 1. The molecule has 0 aromatic carbocycles. The topological polar surface area (TPSA) is 58.6 Å². The van der Waals surface area contributed by atoms with Crippen molar-refractivity contribution in [3.63, 3.8) is 0 Å². The van der Waals surface area contributed by atoms with Gasteiger partial charge in [0.15, 0.2) is 0 Å². The van der Waals surface area contributed by atoms with Crippen LogP contribution in [-0.4, -0.2) is 57.9 Å². The predicted molar refractivity (Wildman–Crippen MR) is 75.6 cm³/mol. The number of rotatable bonds is 5. The molecule has 2 aliphatic rings. The van der Waals surface area contributed by atoms with Gasteiger partial charge >= 0.3 is 0 Å². The first-order chi connectivity index (χ1) is 9.14. The van der Waals surface area contributed by atoms with Crippen LogP contribution in [0.4, 0.5) is 0 Å². The molecule has 2 saturated heterocycles. The lowest BCUT2D eigenvalue weighted by molar-refractivity contribution is 0.0967. The molecule has 2 rings (SSSR count). The van der Waals surface area contributed by atoms with E-state index in [1.165, 1.54) is 0 Å². The van der Waals surface area contributed by atoms with Gasteiger partial charge in [-0.15, -0.1) is 0 Å². The Morgan fingerprint density at radius 1 is 1.16 bits per heavy atom. The minimum absolute atomic E-state index is 0.213. The molecule has 0 radical (unpaired) electrons. The van der Waals surface area contributed by atoms with Gasteiger partial charge in [-0.2, -0.15) is 0 Å². The van der Waals surface area contributed by atoms with E-state index in [1.807, 2.05) is 7.05 Å². The monoisotopic (exact) mass is 290 g/mol. The summed E-state index contributed by atoms with van der Waals surface area (Å²) >= 11 is 0. The molecule has 112 valence electrons. The van der Waals surface area contributed by atoms with E-state index in [1.54, 1.807) is 4.31 Å². The van der Waals surface area contributed by atoms with Crippen molar-refractivity contribution < 1.29 is 13.2 Å². The van der Waals surface area contributed by atoms with E-state index in [2.05, 4.69) is 5.32 Å². The van der Waals surface area contributed by atoms with Crippen LogP contribution >= 0.6 is 0 Å². The Morgan fingerprint density at radius 3 is 2.37 bits per heavy atom. The van der Waals surface area contributed by atoms with Gasteiger partial charge in [0.25, 0.3) is 0 Å². The van der Waals surface area contributed by atoms with Gasteiger partial charge in [0.05, 0.1) is 5.25 Å².